The van der Waals surface area contributed by atoms with Crippen molar-refractivity contribution in [3.8, 4) is 62.2 Å². The van der Waals surface area contributed by atoms with Crippen molar-refractivity contribution in [2.24, 2.45) is 0 Å². The Morgan fingerprint density at radius 2 is 0.865 bits per heavy atom. The molecule has 1 atom stereocenters. The molecule has 9 aromatic rings. The summed E-state index contributed by atoms with van der Waals surface area (Å²) in [5.41, 5.74) is 9.98. The summed E-state index contributed by atoms with van der Waals surface area (Å²) >= 11 is 0. The quantitative estimate of drug-likeness (QED) is 0.170. The van der Waals surface area contributed by atoms with E-state index in [-0.39, 0.29) is 0 Å². The zero-order chi connectivity index (χ0) is 34.4. The topological polar surface area (TPSA) is 43.6 Å². The van der Waals surface area contributed by atoms with Gasteiger partial charge in [0.15, 0.2) is 11.6 Å². The number of fused-ring (bicyclic) bond motifs is 7. The molecule has 0 aliphatic carbocycles. The molecule has 0 N–H and O–H groups in total. The van der Waals surface area contributed by atoms with Crippen molar-refractivity contribution < 1.29 is 0 Å². The van der Waals surface area contributed by atoms with E-state index in [4.69, 9.17) is 15.0 Å². The lowest BCUT2D eigenvalue weighted by Crippen LogP contribution is -2.22. The number of para-hydroxylation sites is 1. The SMILES string of the molecule is c1ccc(-c2ccc(-c3nc(-c4ccccc4)nc(-n4c5c(c6ccccc64)-c4ccccc4P(c4ccccc4)c4ccccc4-5)n3)cc2)cc1. The first-order chi connectivity index (χ1) is 25.8. The van der Waals surface area contributed by atoms with Gasteiger partial charge < -0.3 is 0 Å². The van der Waals surface area contributed by atoms with Crippen LogP contribution >= 0.6 is 7.92 Å². The van der Waals surface area contributed by atoms with Crippen LogP contribution in [0.4, 0.5) is 0 Å². The predicted molar refractivity (Wildman–Crippen MR) is 216 cm³/mol. The fourth-order valence-electron chi connectivity index (χ4n) is 7.46. The minimum atomic E-state index is -0.856. The summed E-state index contributed by atoms with van der Waals surface area (Å²) in [7, 11) is -0.856. The summed E-state index contributed by atoms with van der Waals surface area (Å²) in [5, 5.41) is 5.15. The second kappa shape index (κ2) is 12.7. The van der Waals surface area contributed by atoms with Crippen molar-refractivity contribution in [1.82, 2.24) is 19.5 Å². The van der Waals surface area contributed by atoms with E-state index in [9.17, 15) is 0 Å². The molecule has 10 rings (SSSR count). The van der Waals surface area contributed by atoms with Gasteiger partial charge in [-0.05, 0) is 46.6 Å². The second-order valence-electron chi connectivity index (χ2n) is 12.9. The lowest BCUT2D eigenvalue weighted by molar-refractivity contribution is 0.939. The molecule has 7 aromatic carbocycles. The van der Waals surface area contributed by atoms with Crippen molar-refractivity contribution in [2.75, 3.05) is 0 Å². The van der Waals surface area contributed by atoms with E-state index >= 15 is 0 Å². The average molecular weight is 683 g/mol. The van der Waals surface area contributed by atoms with Crippen molar-refractivity contribution >= 4 is 34.7 Å². The molecule has 244 valence electrons. The van der Waals surface area contributed by atoms with Crippen LogP contribution in [0.2, 0.25) is 0 Å². The lowest BCUT2D eigenvalue weighted by atomic mass is 9.98. The Labute approximate surface area is 303 Å². The summed E-state index contributed by atoms with van der Waals surface area (Å²) in [5.74, 6) is 1.85. The van der Waals surface area contributed by atoms with Gasteiger partial charge >= 0.3 is 0 Å². The number of aromatic nitrogens is 4. The standard InChI is InChI=1S/C47H31N4P/c1-4-16-32(17-5-1)33-28-30-35(31-29-33)46-48-45(34-18-6-2-7-19-34)49-47(50-46)51-40-25-13-10-22-37(40)43-38-23-11-14-26-41(38)52(36-20-8-3-9-21-36)42-27-15-12-24-39(42)44(43)51/h1-31H. The van der Waals surface area contributed by atoms with Gasteiger partial charge in [-0.1, -0.05) is 182 Å². The zero-order valence-electron chi connectivity index (χ0n) is 28.1. The summed E-state index contributed by atoms with van der Waals surface area (Å²) < 4.78 is 2.28. The largest absolute Gasteiger partial charge is 0.277 e. The molecule has 4 nitrogen and oxygen atoms in total. The van der Waals surface area contributed by atoms with Gasteiger partial charge in [0.2, 0.25) is 5.95 Å². The van der Waals surface area contributed by atoms with Gasteiger partial charge in [-0.3, -0.25) is 4.57 Å². The molecule has 0 saturated heterocycles. The van der Waals surface area contributed by atoms with Crippen LogP contribution in [0.15, 0.2) is 188 Å². The third-order valence-electron chi connectivity index (χ3n) is 9.81. The summed E-state index contributed by atoms with van der Waals surface area (Å²) in [6, 6.07) is 66.6. The highest BCUT2D eigenvalue weighted by Crippen LogP contribution is 2.50. The Morgan fingerprint density at radius 3 is 1.56 bits per heavy atom. The molecule has 0 amide bonds. The minimum absolute atomic E-state index is 0.590. The molecule has 3 heterocycles. The highest BCUT2D eigenvalue weighted by Gasteiger charge is 2.33. The lowest BCUT2D eigenvalue weighted by Gasteiger charge is -2.22. The summed E-state index contributed by atoms with van der Waals surface area (Å²) in [4.78, 5) is 15.7. The van der Waals surface area contributed by atoms with Crippen LogP contribution in [0.1, 0.15) is 0 Å². The van der Waals surface area contributed by atoms with Gasteiger partial charge in [-0.2, -0.15) is 9.97 Å². The molecule has 1 aliphatic rings. The average Bonchev–Trinajstić information content (AvgIpc) is 3.51. The van der Waals surface area contributed by atoms with Gasteiger partial charge in [0, 0.05) is 27.6 Å². The van der Waals surface area contributed by atoms with E-state index in [1.54, 1.807) is 0 Å². The Morgan fingerprint density at radius 1 is 0.385 bits per heavy atom. The number of hydrogen-bond acceptors (Lipinski definition) is 3. The molecule has 0 fully saturated rings. The smallest absolute Gasteiger partial charge is 0.238 e. The Balaban J connectivity index is 1.27. The van der Waals surface area contributed by atoms with Crippen LogP contribution in [0.5, 0.6) is 0 Å². The molecule has 0 spiro atoms. The summed E-state index contributed by atoms with van der Waals surface area (Å²) in [6.07, 6.45) is 0. The van der Waals surface area contributed by atoms with Gasteiger partial charge in [0.05, 0.1) is 11.2 Å². The van der Waals surface area contributed by atoms with Crippen molar-refractivity contribution in [3.63, 3.8) is 0 Å². The number of benzene rings is 7. The van der Waals surface area contributed by atoms with E-state index in [1.165, 1.54) is 43.6 Å². The van der Waals surface area contributed by atoms with Crippen LogP contribution in [0.25, 0.3) is 73.1 Å². The molecular weight excluding hydrogens is 652 g/mol. The predicted octanol–water partition coefficient (Wildman–Crippen LogP) is 10.2. The Kier molecular flexibility index (Phi) is 7.41. The fourth-order valence-corrected chi connectivity index (χ4v) is 10.1. The molecular formula is C47H31N4P. The first-order valence-corrected chi connectivity index (χ1v) is 18.8. The van der Waals surface area contributed by atoms with Crippen molar-refractivity contribution in [3.05, 3.63) is 188 Å². The third-order valence-corrected chi connectivity index (χ3v) is 12.4. The van der Waals surface area contributed by atoms with Crippen LogP contribution < -0.4 is 15.9 Å². The number of rotatable bonds is 5. The number of hydrogen-bond donors (Lipinski definition) is 0. The van der Waals surface area contributed by atoms with Crippen molar-refractivity contribution in [1.29, 1.82) is 0 Å². The summed E-state index contributed by atoms with van der Waals surface area (Å²) in [6.45, 7) is 0. The molecule has 52 heavy (non-hydrogen) atoms. The Bertz CT molecular complexity index is 2720. The first kappa shape index (κ1) is 30.4. The van der Waals surface area contributed by atoms with Gasteiger partial charge in [0.25, 0.3) is 0 Å². The van der Waals surface area contributed by atoms with Crippen LogP contribution in [0, 0.1) is 0 Å². The van der Waals surface area contributed by atoms with E-state index < -0.39 is 7.92 Å². The molecule has 0 radical (unpaired) electrons. The molecule has 2 aromatic heterocycles. The van der Waals surface area contributed by atoms with Gasteiger partial charge in [-0.15, -0.1) is 0 Å². The van der Waals surface area contributed by atoms with E-state index in [0.717, 1.165) is 27.9 Å². The minimum Gasteiger partial charge on any atom is -0.277 e. The maximum absolute atomic E-state index is 5.32. The molecule has 0 saturated carbocycles. The molecule has 1 unspecified atom stereocenters. The fraction of sp³-hybridized carbons (Fsp3) is 0. The van der Waals surface area contributed by atoms with Gasteiger partial charge in [-0.25, -0.2) is 4.98 Å². The van der Waals surface area contributed by atoms with Crippen LogP contribution in [-0.4, -0.2) is 19.5 Å². The van der Waals surface area contributed by atoms with Gasteiger partial charge in [0.1, 0.15) is 0 Å². The van der Waals surface area contributed by atoms with Crippen molar-refractivity contribution in [2.45, 2.75) is 0 Å². The van der Waals surface area contributed by atoms with E-state index in [2.05, 4.69) is 168 Å². The van der Waals surface area contributed by atoms with E-state index in [0.29, 0.717) is 17.6 Å². The van der Waals surface area contributed by atoms with Crippen LogP contribution in [0.3, 0.4) is 0 Å². The number of nitrogens with zero attached hydrogens (tertiary/aromatic N) is 4. The third kappa shape index (κ3) is 5.07. The zero-order valence-corrected chi connectivity index (χ0v) is 29.0. The molecule has 1 aliphatic heterocycles. The maximum atomic E-state index is 5.32. The monoisotopic (exact) mass is 682 g/mol. The highest BCUT2D eigenvalue weighted by molar-refractivity contribution is 7.80. The molecule has 0 bridgehead atoms. The van der Waals surface area contributed by atoms with E-state index in [1.807, 2.05) is 24.3 Å². The normalized spacial score (nSPS) is 13.2. The second-order valence-corrected chi connectivity index (χ2v) is 15.0. The van der Waals surface area contributed by atoms with Crippen LogP contribution in [-0.2, 0) is 0 Å². The highest BCUT2D eigenvalue weighted by atomic mass is 31.1. The Hall–Kier alpha value is -6.48. The molecule has 5 heteroatoms. The maximum Gasteiger partial charge on any atom is 0.238 e. The first-order valence-electron chi connectivity index (χ1n) is 17.5.